The summed E-state index contributed by atoms with van der Waals surface area (Å²) in [5, 5.41) is 0. The number of esters is 2. The third-order valence-corrected chi connectivity index (χ3v) is 14.5. The molecule has 0 radical (unpaired) electrons. The molecule has 0 aliphatic rings. The number of allylic oxidation sites excluding steroid dienone is 22. The van der Waals surface area contributed by atoms with Gasteiger partial charge in [0.2, 0.25) is 0 Å². The number of ether oxygens (including phenoxy) is 2. The van der Waals surface area contributed by atoms with Gasteiger partial charge in [0.05, 0.1) is 13.2 Å². The van der Waals surface area contributed by atoms with Crippen LogP contribution in [0.1, 0.15) is 271 Å². The highest BCUT2D eigenvalue weighted by Gasteiger charge is 2.26. The van der Waals surface area contributed by atoms with E-state index in [0.29, 0.717) is 6.42 Å². The molecule has 0 fully saturated rings. The number of hydrogen-bond acceptors (Lipinski definition) is 8. The Kier molecular flexibility index (Phi) is 62.2. The molecule has 2 atom stereocenters. The first-order valence-electron chi connectivity index (χ1n) is 32.7. The van der Waals surface area contributed by atoms with Crippen LogP contribution >= 0.6 is 7.82 Å². The number of unbranched alkanes of at least 4 members (excludes halogenated alkanes) is 25. The zero-order chi connectivity index (χ0) is 58.7. The highest BCUT2D eigenvalue weighted by Crippen LogP contribution is 2.43. The van der Waals surface area contributed by atoms with Crippen LogP contribution in [0.5, 0.6) is 0 Å². The normalized spacial score (nSPS) is 13.9. The van der Waals surface area contributed by atoms with E-state index in [1.165, 1.54) is 128 Å². The number of nitrogens with two attached hydrogens (primary N) is 1. The molecular weight excluding hydrogens is 1030 g/mol. The van der Waals surface area contributed by atoms with Gasteiger partial charge in [-0.1, -0.05) is 276 Å². The summed E-state index contributed by atoms with van der Waals surface area (Å²) in [6, 6.07) is 0. The van der Waals surface area contributed by atoms with Crippen LogP contribution in [0.3, 0.4) is 0 Å². The van der Waals surface area contributed by atoms with Crippen LogP contribution in [0.15, 0.2) is 134 Å². The Labute approximate surface area is 497 Å². The van der Waals surface area contributed by atoms with Gasteiger partial charge in [-0.3, -0.25) is 18.6 Å². The predicted octanol–water partition coefficient (Wildman–Crippen LogP) is 21.3. The molecule has 0 bridgehead atoms. The van der Waals surface area contributed by atoms with Crippen LogP contribution in [0.25, 0.3) is 0 Å². The minimum absolute atomic E-state index is 0.0461. The number of carbonyl (C=O) groups is 2. The van der Waals surface area contributed by atoms with Crippen LogP contribution in [-0.2, 0) is 32.7 Å². The van der Waals surface area contributed by atoms with Crippen LogP contribution in [-0.4, -0.2) is 49.3 Å². The van der Waals surface area contributed by atoms with Gasteiger partial charge >= 0.3 is 19.8 Å². The van der Waals surface area contributed by atoms with Crippen molar-refractivity contribution in [2.45, 2.75) is 277 Å². The Hall–Kier alpha value is -3.85. The van der Waals surface area contributed by atoms with Gasteiger partial charge < -0.3 is 20.1 Å². The van der Waals surface area contributed by atoms with E-state index >= 15 is 0 Å². The van der Waals surface area contributed by atoms with Crippen LogP contribution in [0.4, 0.5) is 0 Å². The SMILES string of the molecule is CC/C=C\C/C=C\C/C=C\C/C=C\C/C=C\C/C=C\C/C=C\C/C=C\C/C=C\C/C=C\CCCCCCCCCCC(=O)OC(COC(=O)CCCCCCCCCCC/C=C\CCCCCCCCCC)COP(=O)(O)OCCN. The standard InChI is InChI=1S/C71H120NO8P/c1-3-5-7-9-11-13-15-17-19-21-23-25-26-27-28-29-30-31-32-33-34-35-36-37-38-39-40-41-42-44-46-48-50-52-54-56-58-60-62-64-71(74)80-69(68-79-81(75,76)78-66-65-72)67-77-70(73)63-61-59-57-55-53-51-49-47-45-43-24-22-20-18-16-14-12-10-8-6-4-2/h5,7,11,13,17,19,22-25,27-28,30-31,33-34,36-37,39-40,42,44,69H,3-4,6,8-10,12,14-16,18,20-21,26,29,32,35,38,41,43,45-68,72H2,1-2H3,(H,75,76)/b7-5-,13-11-,19-17-,24-22-,25-23-,28-27-,31-30-,34-33-,37-36-,40-39-,44-42-. The van der Waals surface area contributed by atoms with Gasteiger partial charge in [-0.2, -0.15) is 0 Å². The van der Waals surface area contributed by atoms with Crippen molar-refractivity contribution in [1.29, 1.82) is 0 Å². The summed E-state index contributed by atoms with van der Waals surface area (Å²) in [7, 11) is -4.40. The summed E-state index contributed by atoms with van der Waals surface area (Å²) in [6.07, 6.45) is 92.3. The number of phosphoric ester groups is 1. The van der Waals surface area contributed by atoms with Crippen LogP contribution in [0, 0.1) is 0 Å². The molecule has 0 rings (SSSR count). The molecule has 3 N–H and O–H groups in total. The molecule has 81 heavy (non-hydrogen) atoms. The maximum absolute atomic E-state index is 12.7. The third kappa shape index (κ3) is 65.2. The Morgan fingerprint density at radius 1 is 0.383 bits per heavy atom. The fourth-order valence-corrected chi connectivity index (χ4v) is 9.48. The highest BCUT2D eigenvalue weighted by atomic mass is 31.2. The van der Waals surface area contributed by atoms with E-state index in [-0.39, 0.29) is 38.6 Å². The largest absolute Gasteiger partial charge is 0.472 e. The van der Waals surface area contributed by atoms with Crippen LogP contribution in [0.2, 0.25) is 0 Å². The van der Waals surface area contributed by atoms with Gasteiger partial charge in [-0.25, -0.2) is 4.57 Å². The minimum atomic E-state index is -4.40. The summed E-state index contributed by atoms with van der Waals surface area (Å²) >= 11 is 0. The highest BCUT2D eigenvalue weighted by molar-refractivity contribution is 7.47. The molecule has 0 aromatic heterocycles. The first kappa shape index (κ1) is 77.2. The second-order valence-electron chi connectivity index (χ2n) is 21.2. The quantitative estimate of drug-likeness (QED) is 0.0264. The molecule has 0 aromatic carbocycles. The fraction of sp³-hybridized carbons (Fsp3) is 0.662. The summed E-state index contributed by atoms with van der Waals surface area (Å²) in [5.41, 5.74) is 5.39. The summed E-state index contributed by atoms with van der Waals surface area (Å²) in [6.45, 7) is 3.62. The first-order valence-corrected chi connectivity index (χ1v) is 34.2. The number of rotatable bonds is 60. The minimum Gasteiger partial charge on any atom is -0.462 e. The van der Waals surface area contributed by atoms with Crippen molar-refractivity contribution in [3.05, 3.63) is 134 Å². The molecular formula is C71H120NO8P. The van der Waals surface area contributed by atoms with E-state index in [4.69, 9.17) is 24.3 Å². The number of hydrogen-bond donors (Lipinski definition) is 2. The van der Waals surface area contributed by atoms with E-state index in [1.807, 2.05) is 0 Å². The maximum atomic E-state index is 12.7. The third-order valence-electron chi connectivity index (χ3n) is 13.5. The zero-order valence-electron chi connectivity index (χ0n) is 51.7. The van der Waals surface area contributed by atoms with E-state index in [9.17, 15) is 19.0 Å². The first-order chi connectivity index (χ1) is 39.8. The molecule has 0 spiro atoms. The molecule has 10 heteroatoms. The maximum Gasteiger partial charge on any atom is 0.472 e. The van der Waals surface area contributed by atoms with Crippen molar-refractivity contribution in [3.8, 4) is 0 Å². The Morgan fingerprint density at radius 2 is 0.679 bits per heavy atom. The van der Waals surface area contributed by atoms with E-state index in [2.05, 4.69) is 148 Å². The summed E-state index contributed by atoms with van der Waals surface area (Å²) in [5.74, 6) is -0.842. The lowest BCUT2D eigenvalue weighted by Crippen LogP contribution is -2.29. The van der Waals surface area contributed by atoms with Crippen molar-refractivity contribution >= 4 is 19.8 Å². The lowest BCUT2D eigenvalue weighted by atomic mass is 10.1. The van der Waals surface area contributed by atoms with E-state index in [1.54, 1.807) is 0 Å². The number of phosphoric acid groups is 1. The van der Waals surface area contributed by atoms with Crippen LogP contribution < -0.4 is 5.73 Å². The molecule has 9 nitrogen and oxygen atoms in total. The van der Waals surface area contributed by atoms with Gasteiger partial charge in [0.1, 0.15) is 6.61 Å². The second-order valence-corrected chi connectivity index (χ2v) is 22.7. The molecule has 2 unspecified atom stereocenters. The van der Waals surface area contributed by atoms with Gasteiger partial charge in [0.15, 0.2) is 6.10 Å². The fourth-order valence-electron chi connectivity index (χ4n) is 8.72. The van der Waals surface area contributed by atoms with E-state index < -0.39 is 26.5 Å². The molecule has 462 valence electrons. The predicted molar refractivity (Wildman–Crippen MR) is 348 cm³/mol. The molecule has 0 aliphatic heterocycles. The average Bonchev–Trinajstić information content (AvgIpc) is 3.46. The zero-order valence-corrected chi connectivity index (χ0v) is 52.6. The monoisotopic (exact) mass is 1150 g/mol. The Morgan fingerprint density at radius 3 is 1.02 bits per heavy atom. The van der Waals surface area contributed by atoms with E-state index in [0.717, 1.165) is 109 Å². The Bertz CT molecular complexity index is 1790. The van der Waals surface area contributed by atoms with Crippen molar-refractivity contribution in [2.24, 2.45) is 5.73 Å². The van der Waals surface area contributed by atoms with Gasteiger partial charge in [-0.05, 0) is 116 Å². The lowest BCUT2D eigenvalue weighted by Gasteiger charge is -2.19. The second kappa shape index (κ2) is 65.3. The molecule has 0 aliphatic carbocycles. The Balaban J connectivity index is 3.99. The van der Waals surface area contributed by atoms with Crippen molar-refractivity contribution in [2.75, 3.05) is 26.4 Å². The average molecular weight is 1150 g/mol. The van der Waals surface area contributed by atoms with Gasteiger partial charge in [0, 0.05) is 19.4 Å². The van der Waals surface area contributed by atoms with Crippen molar-refractivity contribution in [1.82, 2.24) is 0 Å². The molecule has 0 aromatic rings. The molecule has 0 saturated carbocycles. The topological polar surface area (TPSA) is 134 Å². The molecule has 0 saturated heterocycles. The summed E-state index contributed by atoms with van der Waals surface area (Å²) in [4.78, 5) is 35.3. The van der Waals surface area contributed by atoms with Crippen molar-refractivity contribution < 1.29 is 37.6 Å². The lowest BCUT2D eigenvalue weighted by molar-refractivity contribution is -0.161. The van der Waals surface area contributed by atoms with Crippen molar-refractivity contribution in [3.63, 3.8) is 0 Å². The molecule has 0 heterocycles. The number of carbonyl (C=O) groups excluding carboxylic acids is 2. The van der Waals surface area contributed by atoms with Gasteiger partial charge in [-0.15, -0.1) is 0 Å². The smallest absolute Gasteiger partial charge is 0.462 e. The van der Waals surface area contributed by atoms with Gasteiger partial charge in [0.25, 0.3) is 0 Å². The molecule has 0 amide bonds. The summed E-state index contributed by atoms with van der Waals surface area (Å²) < 4.78 is 33.1.